The van der Waals surface area contributed by atoms with E-state index in [1.807, 2.05) is 18.2 Å². The molecule has 0 saturated heterocycles. The zero-order chi connectivity index (χ0) is 26.1. The first kappa shape index (κ1) is 24.7. The fraction of sp³-hybridized carbons (Fsp3) is 0.0800. The minimum Gasteiger partial charge on any atom is -0.347 e. The molecular weight excluding hydrogens is 522 g/mol. The van der Waals surface area contributed by atoms with Gasteiger partial charge in [0.15, 0.2) is 11.6 Å². The summed E-state index contributed by atoms with van der Waals surface area (Å²) >= 11 is -0.846. The van der Waals surface area contributed by atoms with Crippen LogP contribution in [-0.2, 0) is 24.4 Å². The molecule has 1 atom stereocenters. The Morgan fingerprint density at radius 1 is 1.08 bits per heavy atom. The molecule has 2 aromatic carbocycles. The van der Waals surface area contributed by atoms with E-state index >= 15 is 0 Å². The molecule has 0 aliphatic rings. The van der Waals surface area contributed by atoms with Crippen LogP contribution in [0.25, 0.3) is 21.3 Å². The Labute approximate surface area is 215 Å². The van der Waals surface area contributed by atoms with Crippen LogP contribution >= 0.6 is 11.3 Å². The number of carbonyl (C=O) groups is 1. The minimum absolute atomic E-state index is 0.0164. The van der Waals surface area contributed by atoms with Gasteiger partial charge in [0.25, 0.3) is 22.7 Å². The number of hydrogen-bond donors (Lipinski definition) is 2. The normalized spacial score (nSPS) is 12.1. The van der Waals surface area contributed by atoms with Crippen molar-refractivity contribution in [2.45, 2.75) is 13.1 Å². The van der Waals surface area contributed by atoms with Crippen molar-refractivity contribution in [2.75, 3.05) is 0 Å². The first-order valence-corrected chi connectivity index (χ1v) is 12.8. The number of fused-ring (bicyclic) bond motifs is 1. The van der Waals surface area contributed by atoms with Gasteiger partial charge in [0.1, 0.15) is 5.56 Å². The number of nitrogens with zero attached hydrogens (tertiary/aromatic N) is 3. The van der Waals surface area contributed by atoms with Crippen molar-refractivity contribution in [3.63, 3.8) is 0 Å². The summed E-state index contributed by atoms with van der Waals surface area (Å²) in [5, 5.41) is 7.44. The van der Waals surface area contributed by atoms with Gasteiger partial charge in [-0.05, 0) is 48.0 Å². The second-order valence-corrected chi connectivity index (χ2v) is 10.0. The summed E-state index contributed by atoms with van der Waals surface area (Å²) < 4.78 is 49.9. The highest BCUT2D eigenvalue weighted by Gasteiger charge is 2.15. The predicted molar refractivity (Wildman–Crippen MR) is 137 cm³/mol. The minimum atomic E-state index is -2.27. The zero-order valence-corrected chi connectivity index (χ0v) is 20.6. The van der Waals surface area contributed by atoms with E-state index in [1.54, 1.807) is 18.2 Å². The van der Waals surface area contributed by atoms with Crippen LogP contribution in [0.3, 0.4) is 0 Å². The van der Waals surface area contributed by atoms with Gasteiger partial charge in [0.2, 0.25) is 0 Å². The van der Waals surface area contributed by atoms with Gasteiger partial charge in [0.05, 0.1) is 24.8 Å². The summed E-state index contributed by atoms with van der Waals surface area (Å²) in [6.07, 6.45) is 3.00. The number of amides is 1. The molecule has 5 aromatic rings. The highest BCUT2D eigenvalue weighted by Crippen LogP contribution is 2.33. The fourth-order valence-electron chi connectivity index (χ4n) is 3.92. The average Bonchev–Trinajstić information content (AvgIpc) is 3.53. The second kappa shape index (κ2) is 10.2. The highest BCUT2D eigenvalue weighted by molar-refractivity contribution is 7.77. The summed E-state index contributed by atoms with van der Waals surface area (Å²) in [5.41, 5.74) is 1.11. The Kier molecular flexibility index (Phi) is 6.78. The first-order valence-electron chi connectivity index (χ1n) is 10.9. The number of hydrogen-bond acceptors (Lipinski definition) is 5. The van der Waals surface area contributed by atoms with E-state index in [0.717, 1.165) is 31.5 Å². The Hall–Kier alpha value is -4.00. The lowest BCUT2D eigenvalue weighted by atomic mass is 10.1. The molecule has 2 N–H and O–H groups in total. The molecule has 0 aliphatic heterocycles. The molecule has 0 radical (unpaired) electrons. The van der Waals surface area contributed by atoms with E-state index in [-0.39, 0.29) is 18.7 Å². The molecule has 37 heavy (non-hydrogen) atoms. The monoisotopic (exact) mass is 540 g/mol. The number of pyridine rings is 1. The van der Waals surface area contributed by atoms with Crippen LogP contribution in [0.5, 0.6) is 0 Å². The Bertz CT molecular complexity index is 1730. The van der Waals surface area contributed by atoms with Crippen LogP contribution in [0.15, 0.2) is 77.9 Å². The smallest absolute Gasteiger partial charge is 0.283 e. The topological polar surface area (TPSA) is 106 Å². The van der Waals surface area contributed by atoms with Crippen LogP contribution in [-0.4, -0.2) is 28.4 Å². The molecule has 8 nitrogen and oxygen atoms in total. The van der Waals surface area contributed by atoms with Crippen molar-refractivity contribution >= 4 is 39.4 Å². The third-order valence-electron chi connectivity index (χ3n) is 5.68. The maximum Gasteiger partial charge on any atom is 0.283 e. The second-order valence-electron chi connectivity index (χ2n) is 8.04. The largest absolute Gasteiger partial charge is 0.347 e. The van der Waals surface area contributed by atoms with Crippen LogP contribution in [0.2, 0.25) is 0 Å². The number of carbonyl (C=O) groups excluding carboxylic acids is 1. The molecule has 1 amide bonds. The SMILES string of the molecule is O=C(NCc1ccc(-c2cccc3c2cnn3S(=O)O)s1)c1cccn(Cc2ccc(F)c(F)c2)c1=O. The molecule has 0 aliphatic carbocycles. The summed E-state index contributed by atoms with van der Waals surface area (Å²) in [6.45, 7) is 0.161. The summed E-state index contributed by atoms with van der Waals surface area (Å²) in [4.78, 5) is 27.3. The first-order chi connectivity index (χ1) is 17.8. The summed E-state index contributed by atoms with van der Waals surface area (Å²) in [5.74, 6) is -2.55. The average molecular weight is 541 g/mol. The van der Waals surface area contributed by atoms with E-state index in [1.165, 1.54) is 40.4 Å². The van der Waals surface area contributed by atoms with Gasteiger partial charge >= 0.3 is 0 Å². The third kappa shape index (κ3) is 4.99. The third-order valence-corrected chi connectivity index (χ3v) is 7.39. The Balaban J connectivity index is 1.31. The van der Waals surface area contributed by atoms with Crippen molar-refractivity contribution in [2.24, 2.45) is 0 Å². The van der Waals surface area contributed by atoms with Gasteiger partial charge in [0, 0.05) is 26.9 Å². The molecule has 0 saturated carbocycles. The predicted octanol–water partition coefficient (Wildman–Crippen LogP) is 4.17. The maximum atomic E-state index is 13.5. The van der Waals surface area contributed by atoms with Crippen LogP contribution in [0.4, 0.5) is 8.78 Å². The lowest BCUT2D eigenvalue weighted by molar-refractivity contribution is 0.0949. The molecule has 3 heterocycles. The Morgan fingerprint density at radius 2 is 1.92 bits per heavy atom. The lowest BCUT2D eigenvalue weighted by Gasteiger charge is -2.09. The molecule has 5 rings (SSSR count). The molecule has 3 aromatic heterocycles. The van der Waals surface area contributed by atoms with E-state index < -0.39 is 34.4 Å². The van der Waals surface area contributed by atoms with Gasteiger partial charge in [-0.1, -0.05) is 18.2 Å². The number of thiophene rings is 1. The van der Waals surface area contributed by atoms with E-state index in [9.17, 15) is 27.1 Å². The molecule has 0 bridgehead atoms. The highest BCUT2D eigenvalue weighted by atomic mass is 32.2. The quantitative estimate of drug-likeness (QED) is 0.302. The lowest BCUT2D eigenvalue weighted by Crippen LogP contribution is -2.32. The number of benzene rings is 2. The van der Waals surface area contributed by atoms with E-state index in [0.29, 0.717) is 16.5 Å². The number of nitrogens with one attached hydrogen (secondary N) is 1. The van der Waals surface area contributed by atoms with Crippen molar-refractivity contribution in [1.82, 2.24) is 19.1 Å². The van der Waals surface area contributed by atoms with Gasteiger partial charge in [-0.3, -0.25) is 14.1 Å². The number of rotatable bonds is 7. The maximum absolute atomic E-state index is 13.5. The van der Waals surface area contributed by atoms with Gasteiger partial charge in [-0.15, -0.1) is 11.3 Å². The number of halogens is 2. The van der Waals surface area contributed by atoms with E-state index in [2.05, 4.69) is 10.4 Å². The summed E-state index contributed by atoms with van der Waals surface area (Å²) in [7, 11) is 0. The summed E-state index contributed by atoms with van der Waals surface area (Å²) in [6, 6.07) is 15.4. The van der Waals surface area contributed by atoms with E-state index in [4.69, 9.17) is 0 Å². The zero-order valence-electron chi connectivity index (χ0n) is 18.9. The molecule has 12 heteroatoms. The van der Waals surface area contributed by atoms with Crippen LogP contribution in [0, 0.1) is 11.6 Å². The molecular formula is C25H18F2N4O4S2. The van der Waals surface area contributed by atoms with Crippen molar-refractivity contribution in [1.29, 1.82) is 0 Å². The fourth-order valence-corrected chi connectivity index (χ4v) is 5.36. The standard InChI is InChI=1S/C25H18F2N4O4S2/c26-20-8-6-15(11-21(20)27)14-30-10-2-4-18(25(30)33)24(32)28-12-16-7-9-23(36-16)17-3-1-5-22-19(17)13-29-31(22)37(34)35/h1-11,13H,12,14H2,(H,28,32)(H,34,35). The molecule has 188 valence electrons. The Morgan fingerprint density at radius 3 is 2.70 bits per heavy atom. The number of aromatic nitrogens is 3. The van der Waals surface area contributed by atoms with Gasteiger partial charge < -0.3 is 9.88 Å². The van der Waals surface area contributed by atoms with Crippen molar-refractivity contribution < 1.29 is 22.3 Å². The van der Waals surface area contributed by atoms with Crippen LogP contribution in [0.1, 0.15) is 20.8 Å². The van der Waals surface area contributed by atoms with Gasteiger partial charge in [-0.25, -0.2) is 13.0 Å². The molecule has 0 fully saturated rings. The molecule has 1 unspecified atom stereocenters. The van der Waals surface area contributed by atoms with Crippen molar-refractivity contribution in [3.05, 3.63) is 111 Å². The van der Waals surface area contributed by atoms with Crippen LogP contribution < -0.4 is 10.9 Å². The van der Waals surface area contributed by atoms with Crippen molar-refractivity contribution in [3.8, 4) is 10.4 Å². The molecule has 0 spiro atoms. The van der Waals surface area contributed by atoms with Gasteiger partial charge in [-0.2, -0.15) is 9.19 Å².